The number of methoxy groups -OCH3 is 1. The number of carbonyl (C=O) groups excluding carboxylic acids is 1. The second-order valence-electron chi connectivity index (χ2n) is 3.89. The first-order chi connectivity index (χ1) is 6.69. The van der Waals surface area contributed by atoms with E-state index in [1.165, 1.54) is 13.5 Å². The first-order valence-electron chi connectivity index (χ1n) is 4.93. The minimum Gasteiger partial charge on any atom is -0.420 e. The van der Waals surface area contributed by atoms with Crippen molar-refractivity contribution in [3.05, 3.63) is 0 Å². The van der Waals surface area contributed by atoms with E-state index in [1.807, 2.05) is 0 Å². The lowest BCUT2D eigenvalue weighted by atomic mass is 9.92. The van der Waals surface area contributed by atoms with Gasteiger partial charge in [-0.2, -0.15) is 0 Å². The molecule has 1 amide bonds. The quantitative estimate of drug-likeness (QED) is 0.645. The topological polar surface area (TPSA) is 50.8 Å². The monoisotopic (exact) mass is 200 g/mol. The molecule has 0 radical (unpaired) electrons. The Bertz CT molecular complexity index is 218. The minimum absolute atomic E-state index is 0.268. The second-order valence-corrected chi connectivity index (χ2v) is 3.89. The average Bonchev–Trinajstić information content (AvgIpc) is 2.16. The maximum absolute atomic E-state index is 11.5. The van der Waals surface area contributed by atoms with Crippen LogP contribution >= 0.6 is 0 Å². The molecule has 3 heterocycles. The van der Waals surface area contributed by atoms with Crippen molar-refractivity contribution < 1.29 is 14.3 Å². The van der Waals surface area contributed by atoms with E-state index in [0.717, 1.165) is 13.1 Å². The number of amides is 1. The molecule has 3 rings (SSSR count). The van der Waals surface area contributed by atoms with Crippen molar-refractivity contribution in [2.24, 2.45) is 0 Å². The fourth-order valence-corrected chi connectivity index (χ4v) is 1.93. The van der Waals surface area contributed by atoms with Gasteiger partial charge in [-0.25, -0.2) is 4.79 Å². The summed E-state index contributed by atoms with van der Waals surface area (Å²) in [5.74, 6) is 0. The highest BCUT2D eigenvalue weighted by Crippen LogP contribution is 2.21. The highest BCUT2D eigenvalue weighted by atomic mass is 16.7. The molecule has 14 heavy (non-hydrogen) atoms. The van der Waals surface area contributed by atoms with Crippen molar-refractivity contribution in [3.8, 4) is 0 Å². The van der Waals surface area contributed by atoms with Crippen molar-refractivity contribution in [2.45, 2.75) is 31.7 Å². The maximum atomic E-state index is 11.5. The van der Waals surface area contributed by atoms with Crippen LogP contribution < -0.4 is 5.32 Å². The van der Waals surface area contributed by atoms with Crippen LogP contribution in [0.3, 0.4) is 0 Å². The molecule has 0 aromatic heterocycles. The van der Waals surface area contributed by atoms with Crippen LogP contribution in [0.1, 0.15) is 13.3 Å². The molecule has 3 saturated heterocycles. The Balaban J connectivity index is 1.80. The van der Waals surface area contributed by atoms with Gasteiger partial charge < -0.3 is 19.7 Å². The number of fused-ring (bicyclic) bond motifs is 2. The van der Waals surface area contributed by atoms with Gasteiger partial charge >= 0.3 is 6.09 Å². The van der Waals surface area contributed by atoms with E-state index in [2.05, 4.69) is 5.32 Å². The summed E-state index contributed by atoms with van der Waals surface area (Å²) in [6.45, 7) is 3.22. The van der Waals surface area contributed by atoms with Crippen molar-refractivity contribution in [2.75, 3.05) is 20.2 Å². The summed E-state index contributed by atoms with van der Waals surface area (Å²) in [6.07, 6.45) is 0.452. The molecule has 0 aromatic carbocycles. The number of nitrogens with one attached hydrogen (secondary N) is 1. The predicted molar refractivity (Wildman–Crippen MR) is 49.9 cm³/mol. The van der Waals surface area contributed by atoms with Gasteiger partial charge in [-0.1, -0.05) is 0 Å². The molecule has 0 aromatic rings. The van der Waals surface area contributed by atoms with Crippen molar-refractivity contribution >= 4 is 6.09 Å². The minimum atomic E-state index is -0.464. The van der Waals surface area contributed by atoms with Gasteiger partial charge in [0.25, 0.3) is 0 Å². The van der Waals surface area contributed by atoms with E-state index in [0.29, 0.717) is 12.1 Å². The Hall–Kier alpha value is -0.810. The SMILES string of the molecule is COC(C)OC(=O)N1CC2CC(C1)N2. The molecule has 0 aliphatic carbocycles. The number of nitrogens with zero attached hydrogens (tertiary/aromatic N) is 1. The molecular weight excluding hydrogens is 184 g/mol. The molecule has 5 heteroatoms. The number of piperazine rings is 1. The summed E-state index contributed by atoms with van der Waals surface area (Å²) in [6, 6.07) is 0.943. The number of hydrogen-bond donors (Lipinski definition) is 1. The molecular formula is C9H16N2O3. The van der Waals surface area contributed by atoms with Gasteiger partial charge in [-0.15, -0.1) is 0 Å². The summed E-state index contributed by atoms with van der Waals surface area (Å²) in [7, 11) is 1.52. The van der Waals surface area contributed by atoms with E-state index in [4.69, 9.17) is 9.47 Å². The van der Waals surface area contributed by atoms with Gasteiger partial charge in [0.2, 0.25) is 6.29 Å². The van der Waals surface area contributed by atoms with Crippen molar-refractivity contribution in [1.82, 2.24) is 10.2 Å². The fraction of sp³-hybridized carbons (Fsp3) is 0.889. The van der Waals surface area contributed by atoms with E-state index < -0.39 is 6.29 Å². The highest BCUT2D eigenvalue weighted by Gasteiger charge is 2.39. The average molecular weight is 200 g/mol. The molecule has 2 bridgehead atoms. The van der Waals surface area contributed by atoms with Gasteiger partial charge in [0, 0.05) is 32.3 Å². The molecule has 80 valence electrons. The number of rotatable bonds is 2. The molecule has 3 fully saturated rings. The molecule has 3 aliphatic heterocycles. The Morgan fingerprint density at radius 2 is 2.07 bits per heavy atom. The first-order valence-corrected chi connectivity index (χ1v) is 4.93. The lowest BCUT2D eigenvalue weighted by molar-refractivity contribution is -0.0834. The van der Waals surface area contributed by atoms with Crippen LogP contribution in [0, 0.1) is 0 Å². The highest BCUT2D eigenvalue weighted by molar-refractivity contribution is 5.68. The van der Waals surface area contributed by atoms with E-state index in [9.17, 15) is 4.79 Å². The number of piperidine rings is 1. The van der Waals surface area contributed by atoms with Crippen LogP contribution in [-0.4, -0.2) is 49.6 Å². The molecule has 3 atom stereocenters. The van der Waals surface area contributed by atoms with Crippen molar-refractivity contribution in [1.29, 1.82) is 0 Å². The standard InChI is InChI=1S/C9H16N2O3/c1-6(13-2)14-9(12)11-4-7-3-8(5-11)10-7/h6-8,10H,3-5H2,1-2H3. The number of carbonyl (C=O) groups is 1. The van der Waals surface area contributed by atoms with Gasteiger partial charge in [-0.3, -0.25) is 0 Å². The van der Waals surface area contributed by atoms with Crippen LogP contribution in [0.5, 0.6) is 0 Å². The predicted octanol–water partition coefficient (Wildman–Crippen LogP) is 0.162. The Kier molecular flexibility index (Phi) is 2.60. The molecule has 0 saturated carbocycles. The fourth-order valence-electron chi connectivity index (χ4n) is 1.93. The van der Waals surface area contributed by atoms with Crippen LogP contribution in [-0.2, 0) is 9.47 Å². The zero-order valence-electron chi connectivity index (χ0n) is 8.53. The molecule has 0 spiro atoms. The molecule has 5 nitrogen and oxygen atoms in total. The summed E-state index contributed by atoms with van der Waals surface area (Å²) >= 11 is 0. The molecule has 3 unspecified atom stereocenters. The van der Waals surface area contributed by atoms with E-state index >= 15 is 0 Å². The second kappa shape index (κ2) is 3.74. The zero-order chi connectivity index (χ0) is 10.1. The van der Waals surface area contributed by atoms with E-state index in [1.54, 1.807) is 11.8 Å². The summed E-state index contributed by atoms with van der Waals surface area (Å²) in [5.41, 5.74) is 0. The van der Waals surface area contributed by atoms with E-state index in [-0.39, 0.29) is 6.09 Å². The summed E-state index contributed by atoms with van der Waals surface area (Å²) in [4.78, 5) is 13.3. The van der Waals surface area contributed by atoms with Crippen LogP contribution in [0.15, 0.2) is 0 Å². The van der Waals surface area contributed by atoms with Crippen LogP contribution in [0.2, 0.25) is 0 Å². The Labute approximate surface area is 83.3 Å². The third-order valence-electron chi connectivity index (χ3n) is 2.78. The lowest BCUT2D eigenvalue weighted by Crippen LogP contribution is -2.67. The van der Waals surface area contributed by atoms with Gasteiger partial charge in [0.1, 0.15) is 0 Å². The summed E-state index contributed by atoms with van der Waals surface area (Å²) in [5, 5.41) is 3.35. The number of hydrogen-bond acceptors (Lipinski definition) is 4. The smallest absolute Gasteiger partial charge is 0.412 e. The summed E-state index contributed by atoms with van der Waals surface area (Å²) < 4.78 is 9.91. The van der Waals surface area contributed by atoms with Crippen molar-refractivity contribution in [3.63, 3.8) is 0 Å². The first kappa shape index (κ1) is 9.73. The van der Waals surface area contributed by atoms with Gasteiger partial charge in [0.05, 0.1) is 0 Å². The van der Waals surface area contributed by atoms with Gasteiger partial charge in [0.15, 0.2) is 0 Å². The molecule has 1 N–H and O–H groups in total. The Morgan fingerprint density at radius 1 is 1.50 bits per heavy atom. The van der Waals surface area contributed by atoms with Crippen LogP contribution in [0.25, 0.3) is 0 Å². The zero-order valence-corrected chi connectivity index (χ0v) is 8.53. The normalized spacial score (nSPS) is 32.0. The van der Waals surface area contributed by atoms with Crippen LogP contribution in [0.4, 0.5) is 4.79 Å². The third-order valence-corrected chi connectivity index (χ3v) is 2.78. The largest absolute Gasteiger partial charge is 0.420 e. The Morgan fingerprint density at radius 3 is 2.57 bits per heavy atom. The number of ether oxygens (including phenoxy) is 2. The third kappa shape index (κ3) is 1.83. The van der Waals surface area contributed by atoms with Gasteiger partial charge in [-0.05, 0) is 13.3 Å². The molecule has 3 aliphatic rings. The maximum Gasteiger partial charge on any atom is 0.412 e. The lowest BCUT2D eigenvalue weighted by Gasteiger charge is -2.47.